The van der Waals surface area contributed by atoms with Crippen molar-refractivity contribution < 1.29 is 4.42 Å². The van der Waals surface area contributed by atoms with Gasteiger partial charge in [-0.3, -0.25) is 4.98 Å². The molecule has 4 radical (unpaired) electrons. The number of hydrogen-bond acceptors (Lipinski definition) is 2. The Morgan fingerprint density at radius 3 is 2.37 bits per heavy atom. The maximum absolute atomic E-state index is 6.49. The molecule has 142 valence electrons. The SMILES string of the molecule is [B]C([B])(c1ccnc(-c2ccc3c(c2)oc2c4ccccc4ccc32)c1)C(C)(C)C. The lowest BCUT2D eigenvalue weighted by molar-refractivity contribution is 0.358. The van der Waals surface area contributed by atoms with Crippen molar-refractivity contribution in [1.29, 1.82) is 0 Å². The number of fused-ring (bicyclic) bond motifs is 5. The summed E-state index contributed by atoms with van der Waals surface area (Å²) in [4.78, 5) is 4.56. The number of benzene rings is 3. The first-order valence-corrected chi connectivity index (χ1v) is 10.1. The molecule has 0 unspecified atom stereocenters. The van der Waals surface area contributed by atoms with Gasteiger partial charge in [-0.05, 0) is 41.1 Å². The van der Waals surface area contributed by atoms with Crippen LogP contribution in [0.25, 0.3) is 44.0 Å². The molecule has 4 heteroatoms. The normalized spacial score (nSPS) is 12.8. The fraction of sp³-hybridized carbons (Fsp3) is 0.192. The second kappa shape index (κ2) is 6.50. The van der Waals surface area contributed by atoms with Crippen LogP contribution in [-0.4, -0.2) is 20.7 Å². The summed E-state index contributed by atoms with van der Waals surface area (Å²) in [6.45, 7) is 6.12. The van der Waals surface area contributed by atoms with E-state index in [1.54, 1.807) is 6.20 Å². The Kier molecular flexibility index (Phi) is 4.12. The van der Waals surface area contributed by atoms with Crippen LogP contribution in [0.15, 0.2) is 77.3 Å². The largest absolute Gasteiger partial charge is 0.455 e. The van der Waals surface area contributed by atoms with Gasteiger partial charge in [-0.2, -0.15) is 0 Å². The van der Waals surface area contributed by atoms with Crippen LogP contribution in [0.4, 0.5) is 0 Å². The van der Waals surface area contributed by atoms with E-state index in [0.29, 0.717) is 0 Å². The van der Waals surface area contributed by atoms with E-state index < -0.39 is 5.21 Å². The number of nitrogens with zero attached hydrogens (tertiary/aromatic N) is 1. The summed E-state index contributed by atoms with van der Waals surface area (Å²) in [6, 6.07) is 22.6. The third-order valence-corrected chi connectivity index (χ3v) is 6.14. The molecule has 0 saturated carbocycles. The first kappa shape index (κ1) is 19.0. The van der Waals surface area contributed by atoms with Gasteiger partial charge >= 0.3 is 0 Å². The summed E-state index contributed by atoms with van der Waals surface area (Å²) >= 11 is 0. The molecule has 2 nitrogen and oxygen atoms in total. The molecule has 0 spiro atoms. The van der Waals surface area contributed by atoms with Gasteiger partial charge in [-0.25, -0.2) is 0 Å². The van der Waals surface area contributed by atoms with Crippen molar-refractivity contribution in [2.75, 3.05) is 0 Å². The van der Waals surface area contributed by atoms with Crippen molar-refractivity contribution in [2.24, 2.45) is 5.41 Å². The summed E-state index contributed by atoms with van der Waals surface area (Å²) < 4.78 is 6.30. The summed E-state index contributed by atoms with van der Waals surface area (Å²) in [6.07, 6.45) is 1.77. The third-order valence-electron chi connectivity index (χ3n) is 6.14. The lowest BCUT2D eigenvalue weighted by Crippen LogP contribution is -2.41. The molecule has 0 amide bonds. The molecule has 0 fully saturated rings. The standard InChI is InChI=1S/C26H21B2NO/c1-25(2,3)26(27,28)18-12-13-29-22(15-18)17-9-10-20-21-11-8-16-6-4-5-7-19(16)24(21)30-23(20)14-17/h4-15H,1-3H3. The van der Waals surface area contributed by atoms with Gasteiger partial charge in [0.1, 0.15) is 11.2 Å². The van der Waals surface area contributed by atoms with Crippen molar-refractivity contribution in [3.8, 4) is 11.3 Å². The number of pyridine rings is 1. The average Bonchev–Trinajstić information content (AvgIpc) is 3.11. The fourth-order valence-electron chi connectivity index (χ4n) is 3.94. The number of aromatic nitrogens is 1. The van der Waals surface area contributed by atoms with Crippen molar-refractivity contribution in [3.63, 3.8) is 0 Å². The quantitative estimate of drug-likeness (QED) is 0.332. The van der Waals surface area contributed by atoms with Gasteiger partial charge in [0.05, 0.1) is 21.4 Å². The van der Waals surface area contributed by atoms with Crippen molar-refractivity contribution in [1.82, 2.24) is 4.98 Å². The molecule has 0 saturated heterocycles. The first-order valence-electron chi connectivity index (χ1n) is 10.1. The zero-order chi connectivity index (χ0) is 21.1. The highest BCUT2D eigenvalue weighted by Crippen LogP contribution is 2.38. The second-order valence-corrected chi connectivity index (χ2v) is 9.03. The molecule has 0 aliphatic rings. The van der Waals surface area contributed by atoms with Crippen molar-refractivity contribution in [3.05, 3.63) is 78.5 Å². The lowest BCUT2D eigenvalue weighted by atomic mass is 9.41. The molecule has 0 aliphatic heterocycles. The van der Waals surface area contributed by atoms with Gasteiger partial charge in [-0.1, -0.05) is 67.9 Å². The zero-order valence-corrected chi connectivity index (χ0v) is 17.4. The van der Waals surface area contributed by atoms with Crippen LogP contribution in [-0.2, 0) is 5.21 Å². The van der Waals surface area contributed by atoms with E-state index in [9.17, 15) is 0 Å². The highest BCUT2D eigenvalue weighted by Gasteiger charge is 2.33. The van der Waals surface area contributed by atoms with Crippen LogP contribution in [0.3, 0.4) is 0 Å². The van der Waals surface area contributed by atoms with Gasteiger partial charge in [0.15, 0.2) is 0 Å². The average molecular weight is 385 g/mol. The molecule has 5 aromatic rings. The second-order valence-electron chi connectivity index (χ2n) is 9.03. The summed E-state index contributed by atoms with van der Waals surface area (Å²) in [5.74, 6) is 0. The Bertz CT molecular complexity index is 1410. The van der Waals surface area contributed by atoms with Crippen LogP contribution in [0.1, 0.15) is 26.3 Å². The maximum atomic E-state index is 6.49. The predicted octanol–water partition coefficient (Wildman–Crippen LogP) is 6.34. The Labute approximate surface area is 179 Å². The minimum absolute atomic E-state index is 0.296. The van der Waals surface area contributed by atoms with Crippen LogP contribution in [0.5, 0.6) is 0 Å². The predicted molar refractivity (Wildman–Crippen MR) is 127 cm³/mol. The van der Waals surface area contributed by atoms with Crippen molar-refractivity contribution >= 4 is 48.4 Å². The summed E-state index contributed by atoms with van der Waals surface area (Å²) in [5, 5.41) is 3.54. The molecule has 0 N–H and O–H groups in total. The van der Waals surface area contributed by atoms with E-state index in [-0.39, 0.29) is 5.41 Å². The Balaban J connectivity index is 1.66. The molecular weight excluding hydrogens is 364 g/mol. The molecule has 2 aromatic heterocycles. The molecule has 3 aromatic carbocycles. The van der Waals surface area contributed by atoms with Gasteiger partial charge < -0.3 is 4.42 Å². The summed E-state index contributed by atoms with van der Waals surface area (Å²) in [5.41, 5.74) is 4.11. The van der Waals surface area contributed by atoms with E-state index in [0.717, 1.165) is 44.1 Å². The Morgan fingerprint density at radius 1 is 0.800 bits per heavy atom. The van der Waals surface area contributed by atoms with E-state index in [2.05, 4.69) is 41.4 Å². The molecule has 0 aliphatic carbocycles. The van der Waals surface area contributed by atoms with E-state index >= 15 is 0 Å². The summed E-state index contributed by atoms with van der Waals surface area (Å²) in [7, 11) is 13.0. The number of rotatable bonds is 2. The molecule has 30 heavy (non-hydrogen) atoms. The smallest absolute Gasteiger partial charge is 0.143 e. The maximum Gasteiger partial charge on any atom is 0.143 e. The van der Waals surface area contributed by atoms with E-state index in [1.807, 2.05) is 51.1 Å². The highest BCUT2D eigenvalue weighted by molar-refractivity contribution is 6.40. The van der Waals surface area contributed by atoms with Crippen molar-refractivity contribution in [2.45, 2.75) is 26.0 Å². The number of furan rings is 1. The Morgan fingerprint density at radius 2 is 1.57 bits per heavy atom. The van der Waals surface area contributed by atoms with Crippen LogP contribution in [0.2, 0.25) is 0 Å². The van der Waals surface area contributed by atoms with Crippen LogP contribution < -0.4 is 0 Å². The fourth-order valence-corrected chi connectivity index (χ4v) is 3.94. The van der Waals surface area contributed by atoms with Gasteiger partial charge in [0.25, 0.3) is 0 Å². The van der Waals surface area contributed by atoms with Gasteiger partial charge in [0, 0.05) is 27.9 Å². The monoisotopic (exact) mass is 385 g/mol. The highest BCUT2D eigenvalue weighted by atomic mass is 16.3. The topological polar surface area (TPSA) is 26.0 Å². The molecular formula is C26H21B2NO. The Hall–Kier alpha value is -3.00. The lowest BCUT2D eigenvalue weighted by Gasteiger charge is -2.40. The minimum Gasteiger partial charge on any atom is -0.455 e. The van der Waals surface area contributed by atoms with Gasteiger partial charge in [-0.15, -0.1) is 0 Å². The zero-order valence-electron chi connectivity index (χ0n) is 17.4. The molecule has 0 bridgehead atoms. The molecule has 2 heterocycles. The minimum atomic E-state index is -0.965. The van der Waals surface area contributed by atoms with Crippen LogP contribution in [0, 0.1) is 5.41 Å². The third kappa shape index (κ3) is 2.86. The van der Waals surface area contributed by atoms with Gasteiger partial charge in [0.2, 0.25) is 0 Å². The first-order chi connectivity index (χ1) is 14.3. The van der Waals surface area contributed by atoms with Crippen LogP contribution >= 0.6 is 0 Å². The van der Waals surface area contributed by atoms with E-state index in [1.165, 1.54) is 5.39 Å². The van der Waals surface area contributed by atoms with E-state index in [4.69, 9.17) is 20.1 Å². The molecule has 5 rings (SSSR count). The molecule has 0 atom stereocenters. The number of hydrogen-bond donors (Lipinski definition) is 0.